The molecule has 0 aliphatic carbocycles. The van der Waals surface area contributed by atoms with Gasteiger partial charge < -0.3 is 10.4 Å². The number of aryl methyl sites for hydroxylation is 2. The minimum atomic E-state index is -0.598. The van der Waals surface area contributed by atoms with Gasteiger partial charge in [-0.25, -0.2) is 9.37 Å². The summed E-state index contributed by atoms with van der Waals surface area (Å²) in [5.74, 6) is -0.284. The average molecular weight is 336 g/mol. The summed E-state index contributed by atoms with van der Waals surface area (Å²) >= 11 is 1.75. The molecule has 1 aromatic heterocycles. The third-order valence-electron chi connectivity index (χ3n) is 3.94. The van der Waals surface area contributed by atoms with E-state index < -0.39 is 6.10 Å². The zero-order chi connectivity index (χ0) is 17.0. The molecule has 0 saturated carbocycles. The third kappa shape index (κ3) is 4.83. The molecular formula is C18H25FN2OS. The van der Waals surface area contributed by atoms with Crippen LogP contribution in [0.25, 0.3) is 0 Å². The molecule has 2 rings (SSSR count). The van der Waals surface area contributed by atoms with Crippen LogP contribution in [0.2, 0.25) is 0 Å². The Morgan fingerprint density at radius 1 is 1.26 bits per heavy atom. The standard InChI is InChI=1S/C18H25FN2OS/c1-5-17-21-13(4)18(23-17)12(3)20-11(2)10-16(22)14-6-8-15(19)9-7-14/h6-9,11-12,16,20,22H,5,10H2,1-4H3. The first-order chi connectivity index (χ1) is 10.9. The Hall–Kier alpha value is -1.30. The molecular weight excluding hydrogens is 311 g/mol. The number of benzene rings is 1. The molecule has 1 heterocycles. The van der Waals surface area contributed by atoms with Gasteiger partial charge in [-0.15, -0.1) is 11.3 Å². The van der Waals surface area contributed by atoms with Gasteiger partial charge in [-0.2, -0.15) is 0 Å². The van der Waals surface area contributed by atoms with Crippen molar-refractivity contribution in [3.8, 4) is 0 Å². The lowest BCUT2D eigenvalue weighted by Gasteiger charge is -2.22. The van der Waals surface area contributed by atoms with Crippen LogP contribution >= 0.6 is 11.3 Å². The van der Waals surface area contributed by atoms with Gasteiger partial charge in [-0.3, -0.25) is 0 Å². The molecule has 2 aromatic rings. The van der Waals surface area contributed by atoms with Crippen molar-refractivity contribution >= 4 is 11.3 Å². The van der Waals surface area contributed by atoms with Gasteiger partial charge in [0, 0.05) is 17.0 Å². The second kappa shape index (κ2) is 7.99. The molecule has 23 heavy (non-hydrogen) atoms. The summed E-state index contributed by atoms with van der Waals surface area (Å²) in [6.07, 6.45) is 0.935. The maximum Gasteiger partial charge on any atom is 0.123 e. The van der Waals surface area contributed by atoms with Crippen LogP contribution in [0, 0.1) is 12.7 Å². The SMILES string of the molecule is CCc1nc(C)c(C(C)NC(C)CC(O)c2ccc(F)cc2)s1. The Morgan fingerprint density at radius 2 is 1.91 bits per heavy atom. The van der Waals surface area contributed by atoms with Gasteiger partial charge in [0.15, 0.2) is 0 Å². The van der Waals surface area contributed by atoms with Crippen molar-refractivity contribution in [2.75, 3.05) is 0 Å². The highest BCUT2D eigenvalue weighted by Gasteiger charge is 2.18. The van der Waals surface area contributed by atoms with Gasteiger partial charge >= 0.3 is 0 Å². The van der Waals surface area contributed by atoms with Crippen LogP contribution in [-0.2, 0) is 6.42 Å². The number of rotatable bonds is 7. The fourth-order valence-corrected chi connectivity index (χ4v) is 3.76. The number of hydrogen-bond donors (Lipinski definition) is 2. The molecule has 5 heteroatoms. The molecule has 0 aliphatic rings. The van der Waals surface area contributed by atoms with Gasteiger partial charge in [-0.05, 0) is 51.3 Å². The fraction of sp³-hybridized carbons (Fsp3) is 0.500. The molecule has 2 N–H and O–H groups in total. The molecule has 0 spiro atoms. The third-order valence-corrected chi connectivity index (χ3v) is 5.42. The van der Waals surface area contributed by atoms with Crippen LogP contribution in [0.4, 0.5) is 4.39 Å². The van der Waals surface area contributed by atoms with Crippen molar-refractivity contribution in [1.29, 1.82) is 0 Å². The number of aliphatic hydroxyl groups is 1. The molecule has 0 amide bonds. The molecule has 3 unspecified atom stereocenters. The average Bonchev–Trinajstić information content (AvgIpc) is 2.89. The summed E-state index contributed by atoms with van der Waals surface area (Å²) in [7, 11) is 0. The molecule has 1 aromatic carbocycles. The van der Waals surface area contributed by atoms with E-state index in [9.17, 15) is 9.50 Å². The quantitative estimate of drug-likeness (QED) is 0.792. The van der Waals surface area contributed by atoms with E-state index in [-0.39, 0.29) is 17.9 Å². The van der Waals surface area contributed by atoms with Gasteiger partial charge in [0.1, 0.15) is 5.82 Å². The van der Waals surface area contributed by atoms with E-state index in [0.29, 0.717) is 6.42 Å². The smallest absolute Gasteiger partial charge is 0.123 e. The Kier molecular flexibility index (Phi) is 6.27. The summed E-state index contributed by atoms with van der Waals surface area (Å²) in [6, 6.07) is 6.37. The van der Waals surface area contributed by atoms with Crippen LogP contribution in [-0.4, -0.2) is 16.1 Å². The topological polar surface area (TPSA) is 45.2 Å². The number of halogens is 1. The second-order valence-corrected chi connectivity index (χ2v) is 7.12. The van der Waals surface area contributed by atoms with Crippen LogP contribution < -0.4 is 5.32 Å². The monoisotopic (exact) mass is 336 g/mol. The summed E-state index contributed by atoms with van der Waals surface area (Å²) in [5.41, 5.74) is 1.83. The van der Waals surface area contributed by atoms with Gasteiger partial charge in [0.2, 0.25) is 0 Å². The summed E-state index contributed by atoms with van der Waals surface area (Å²) in [5, 5.41) is 15.0. The molecule has 0 aliphatic heterocycles. The molecule has 126 valence electrons. The van der Waals surface area contributed by atoms with Crippen LogP contribution in [0.15, 0.2) is 24.3 Å². The normalized spacial score (nSPS) is 15.4. The number of nitrogens with zero attached hydrogens (tertiary/aromatic N) is 1. The van der Waals surface area contributed by atoms with Crippen molar-refractivity contribution in [1.82, 2.24) is 10.3 Å². The molecule has 0 fully saturated rings. The van der Waals surface area contributed by atoms with Gasteiger partial charge in [-0.1, -0.05) is 19.1 Å². The highest BCUT2D eigenvalue weighted by Crippen LogP contribution is 2.27. The predicted octanol–water partition coefficient (Wildman–Crippen LogP) is 4.32. The van der Waals surface area contributed by atoms with Crippen molar-refractivity contribution in [2.24, 2.45) is 0 Å². The highest BCUT2D eigenvalue weighted by molar-refractivity contribution is 7.11. The van der Waals surface area contributed by atoms with Gasteiger partial charge in [0.25, 0.3) is 0 Å². The molecule has 3 atom stereocenters. The summed E-state index contributed by atoms with van der Waals surface area (Å²) in [4.78, 5) is 5.82. The number of nitrogens with one attached hydrogen (secondary N) is 1. The lowest BCUT2D eigenvalue weighted by atomic mass is 10.0. The van der Waals surface area contributed by atoms with E-state index in [1.54, 1.807) is 23.5 Å². The first-order valence-electron chi connectivity index (χ1n) is 8.06. The number of thiazole rings is 1. The maximum absolute atomic E-state index is 12.9. The van der Waals surface area contributed by atoms with E-state index in [1.807, 2.05) is 6.92 Å². The first kappa shape index (κ1) is 18.0. The first-order valence-corrected chi connectivity index (χ1v) is 8.88. The Labute approximate surface area is 141 Å². The van der Waals surface area contributed by atoms with E-state index in [1.165, 1.54) is 17.0 Å². The summed E-state index contributed by atoms with van der Waals surface area (Å²) in [6.45, 7) is 8.34. The van der Waals surface area contributed by atoms with E-state index in [0.717, 1.165) is 22.7 Å². The van der Waals surface area contributed by atoms with Crippen molar-refractivity contribution < 1.29 is 9.50 Å². The van der Waals surface area contributed by atoms with E-state index >= 15 is 0 Å². The van der Waals surface area contributed by atoms with Gasteiger partial charge in [0.05, 0.1) is 16.8 Å². The highest BCUT2D eigenvalue weighted by atomic mass is 32.1. The lowest BCUT2D eigenvalue weighted by Crippen LogP contribution is -2.30. The largest absolute Gasteiger partial charge is 0.388 e. The zero-order valence-corrected chi connectivity index (χ0v) is 15.0. The summed E-state index contributed by atoms with van der Waals surface area (Å²) < 4.78 is 12.9. The molecule has 0 bridgehead atoms. The minimum Gasteiger partial charge on any atom is -0.388 e. The van der Waals surface area contributed by atoms with Crippen LogP contribution in [0.3, 0.4) is 0 Å². The fourth-order valence-electron chi connectivity index (χ4n) is 2.75. The molecule has 3 nitrogen and oxygen atoms in total. The number of hydrogen-bond acceptors (Lipinski definition) is 4. The minimum absolute atomic E-state index is 0.136. The molecule has 0 radical (unpaired) electrons. The lowest BCUT2D eigenvalue weighted by molar-refractivity contribution is 0.152. The van der Waals surface area contributed by atoms with Crippen molar-refractivity contribution in [2.45, 2.75) is 58.7 Å². The van der Waals surface area contributed by atoms with Crippen molar-refractivity contribution in [3.63, 3.8) is 0 Å². The number of aromatic nitrogens is 1. The number of aliphatic hydroxyl groups excluding tert-OH is 1. The van der Waals surface area contributed by atoms with E-state index in [2.05, 4.69) is 31.1 Å². The Morgan fingerprint density at radius 3 is 2.48 bits per heavy atom. The van der Waals surface area contributed by atoms with Crippen LogP contribution in [0.1, 0.15) is 60.5 Å². The second-order valence-electron chi connectivity index (χ2n) is 6.00. The molecule has 0 saturated heterocycles. The Balaban J connectivity index is 1.94. The predicted molar refractivity (Wildman–Crippen MR) is 93.2 cm³/mol. The van der Waals surface area contributed by atoms with E-state index in [4.69, 9.17) is 0 Å². The zero-order valence-electron chi connectivity index (χ0n) is 14.1. The Bertz CT molecular complexity index is 626. The van der Waals surface area contributed by atoms with Crippen LogP contribution in [0.5, 0.6) is 0 Å². The van der Waals surface area contributed by atoms with Crippen molar-refractivity contribution in [3.05, 3.63) is 51.2 Å². The maximum atomic E-state index is 12.9.